The van der Waals surface area contributed by atoms with Crippen LogP contribution >= 0.6 is 11.3 Å². The van der Waals surface area contributed by atoms with Crippen molar-refractivity contribution in [1.82, 2.24) is 24.8 Å². The molecule has 1 saturated carbocycles. The molecular weight excluding hydrogens is 424 g/mol. The van der Waals surface area contributed by atoms with Crippen molar-refractivity contribution in [3.8, 4) is 5.19 Å². The first-order valence-corrected chi connectivity index (χ1v) is 11.7. The lowest BCUT2D eigenvalue weighted by atomic mass is 9.84. The molecule has 0 atom stereocenters. The average molecular weight is 454 g/mol. The molecule has 0 spiro atoms. The number of halogens is 2. The molecule has 0 saturated heterocycles. The van der Waals surface area contributed by atoms with Crippen LogP contribution < -0.4 is 10.1 Å². The number of hydrogen-bond acceptors (Lipinski definition) is 6. The Morgan fingerprint density at radius 2 is 2.16 bits per heavy atom. The first-order chi connectivity index (χ1) is 15.0. The lowest BCUT2D eigenvalue weighted by Gasteiger charge is -2.32. The number of rotatable bonds is 9. The molecule has 4 rings (SSSR count). The fourth-order valence-electron chi connectivity index (χ4n) is 4.40. The molecule has 2 aromatic heterocycles. The van der Waals surface area contributed by atoms with E-state index in [4.69, 9.17) is 4.74 Å². The molecule has 1 N–H and O–H groups in total. The molecule has 31 heavy (non-hydrogen) atoms. The second-order valence-corrected chi connectivity index (χ2v) is 9.43. The summed E-state index contributed by atoms with van der Waals surface area (Å²) in [5.74, 6) is 0.731. The standard InChI is InChI=1S/C21H29F2N5O2S/c22-19(23)13-30-21-26-17-11-27(9-6-18(17)31-21)8-5-15-1-3-16(4-2-15)25-20(29)12-28-10-7-24-14-28/h7,10,14-16,19H,1-6,8-9,11-13H2,(H,25,29). The topological polar surface area (TPSA) is 72.3 Å². The molecule has 1 aliphatic heterocycles. The molecule has 10 heteroatoms. The zero-order chi connectivity index (χ0) is 21.6. The highest BCUT2D eigenvalue weighted by Crippen LogP contribution is 2.31. The Labute approximate surface area is 184 Å². The van der Waals surface area contributed by atoms with Gasteiger partial charge in [0.2, 0.25) is 5.91 Å². The highest BCUT2D eigenvalue weighted by atomic mass is 32.1. The molecule has 0 aromatic carbocycles. The van der Waals surface area contributed by atoms with Crippen molar-refractivity contribution in [2.24, 2.45) is 5.92 Å². The fraction of sp³-hybridized carbons (Fsp3) is 0.667. The van der Waals surface area contributed by atoms with Crippen LogP contribution in [0.25, 0.3) is 0 Å². The summed E-state index contributed by atoms with van der Waals surface area (Å²) in [6.07, 6.45) is 9.03. The molecule has 7 nitrogen and oxygen atoms in total. The van der Waals surface area contributed by atoms with Crippen molar-refractivity contribution in [3.63, 3.8) is 0 Å². The number of nitrogens with zero attached hydrogens (tertiary/aromatic N) is 4. The van der Waals surface area contributed by atoms with Crippen LogP contribution in [0.1, 0.15) is 42.7 Å². The van der Waals surface area contributed by atoms with E-state index in [2.05, 4.69) is 20.2 Å². The second-order valence-electron chi connectivity index (χ2n) is 8.39. The second kappa shape index (κ2) is 10.5. The number of fused-ring (bicyclic) bond motifs is 1. The van der Waals surface area contributed by atoms with Crippen LogP contribution in [0.15, 0.2) is 18.7 Å². The molecule has 1 amide bonds. The molecule has 0 unspecified atom stereocenters. The van der Waals surface area contributed by atoms with Gasteiger partial charge in [-0.25, -0.2) is 18.7 Å². The van der Waals surface area contributed by atoms with Crippen molar-refractivity contribution in [2.75, 3.05) is 19.7 Å². The number of hydrogen-bond donors (Lipinski definition) is 1. The number of ether oxygens (including phenoxy) is 1. The Balaban J connectivity index is 1.15. The first-order valence-electron chi connectivity index (χ1n) is 10.9. The zero-order valence-corrected chi connectivity index (χ0v) is 18.3. The van der Waals surface area contributed by atoms with E-state index in [-0.39, 0.29) is 11.9 Å². The summed E-state index contributed by atoms with van der Waals surface area (Å²) in [6.45, 7) is 2.49. The van der Waals surface area contributed by atoms with Crippen molar-refractivity contribution in [3.05, 3.63) is 29.3 Å². The number of imidazole rings is 1. The molecule has 1 fully saturated rings. The van der Waals surface area contributed by atoms with Gasteiger partial charge in [0.05, 0.1) is 12.0 Å². The average Bonchev–Trinajstić information content (AvgIpc) is 3.40. The molecule has 2 aliphatic rings. The van der Waals surface area contributed by atoms with Gasteiger partial charge in [-0.2, -0.15) is 0 Å². The number of alkyl halides is 2. The van der Waals surface area contributed by atoms with Crippen LogP contribution in [0.2, 0.25) is 0 Å². The highest BCUT2D eigenvalue weighted by Gasteiger charge is 2.25. The normalized spacial score (nSPS) is 21.8. The molecule has 3 heterocycles. The molecule has 2 aromatic rings. The van der Waals surface area contributed by atoms with Gasteiger partial charge in [0, 0.05) is 36.4 Å². The summed E-state index contributed by atoms with van der Waals surface area (Å²) < 4.78 is 31.5. The van der Waals surface area contributed by atoms with E-state index in [9.17, 15) is 13.6 Å². The Morgan fingerprint density at radius 3 is 2.90 bits per heavy atom. The van der Waals surface area contributed by atoms with Crippen LogP contribution in [0.5, 0.6) is 5.19 Å². The zero-order valence-electron chi connectivity index (χ0n) is 17.5. The van der Waals surface area contributed by atoms with E-state index in [0.29, 0.717) is 17.7 Å². The van der Waals surface area contributed by atoms with Crippen LogP contribution in [0.3, 0.4) is 0 Å². The van der Waals surface area contributed by atoms with Crippen LogP contribution in [-0.2, 0) is 24.3 Å². The van der Waals surface area contributed by atoms with Gasteiger partial charge in [0.1, 0.15) is 6.54 Å². The summed E-state index contributed by atoms with van der Waals surface area (Å²) in [6, 6.07) is 0.270. The van der Waals surface area contributed by atoms with Gasteiger partial charge in [-0.3, -0.25) is 9.69 Å². The minimum Gasteiger partial charge on any atom is -0.464 e. The van der Waals surface area contributed by atoms with Crippen LogP contribution in [0, 0.1) is 5.92 Å². The third-order valence-electron chi connectivity index (χ3n) is 6.07. The maximum atomic E-state index is 12.3. The van der Waals surface area contributed by atoms with E-state index in [1.807, 2.05) is 0 Å². The van der Waals surface area contributed by atoms with E-state index in [1.54, 1.807) is 23.3 Å². The first kappa shape index (κ1) is 22.1. The van der Waals surface area contributed by atoms with Crippen molar-refractivity contribution >= 4 is 17.2 Å². The Bertz CT molecular complexity index is 837. The van der Waals surface area contributed by atoms with Gasteiger partial charge in [-0.15, -0.1) is 0 Å². The number of aromatic nitrogens is 3. The predicted molar refractivity (Wildman–Crippen MR) is 113 cm³/mol. The van der Waals surface area contributed by atoms with Crippen molar-refractivity contribution < 1.29 is 18.3 Å². The minimum absolute atomic E-state index is 0.0470. The monoisotopic (exact) mass is 453 g/mol. The number of carbonyl (C=O) groups excluding carboxylic acids is 1. The smallest absolute Gasteiger partial charge is 0.273 e. The van der Waals surface area contributed by atoms with Gasteiger partial charge in [0.15, 0.2) is 6.61 Å². The number of carbonyl (C=O) groups is 1. The van der Waals surface area contributed by atoms with E-state index in [1.165, 1.54) is 11.3 Å². The van der Waals surface area contributed by atoms with Gasteiger partial charge in [-0.1, -0.05) is 11.3 Å². The summed E-state index contributed by atoms with van der Waals surface area (Å²) in [5.41, 5.74) is 0.977. The molecule has 170 valence electrons. The number of nitrogens with one attached hydrogen (secondary N) is 1. The lowest BCUT2D eigenvalue weighted by Crippen LogP contribution is -2.39. The van der Waals surface area contributed by atoms with Crippen LogP contribution in [0.4, 0.5) is 8.78 Å². The Hall–Kier alpha value is -2.07. The minimum atomic E-state index is -2.47. The van der Waals surface area contributed by atoms with Gasteiger partial charge >= 0.3 is 0 Å². The predicted octanol–water partition coefficient (Wildman–Crippen LogP) is 3.11. The maximum absolute atomic E-state index is 12.3. The van der Waals surface area contributed by atoms with Crippen molar-refractivity contribution in [1.29, 1.82) is 0 Å². The Kier molecular flexibility index (Phi) is 7.49. The maximum Gasteiger partial charge on any atom is 0.273 e. The van der Waals surface area contributed by atoms with E-state index >= 15 is 0 Å². The third-order valence-corrected chi connectivity index (χ3v) is 7.14. The molecule has 0 bridgehead atoms. The lowest BCUT2D eigenvalue weighted by molar-refractivity contribution is -0.122. The highest BCUT2D eigenvalue weighted by molar-refractivity contribution is 7.13. The van der Waals surface area contributed by atoms with Crippen LogP contribution in [-0.4, -0.2) is 57.5 Å². The SMILES string of the molecule is O=C(Cn1ccnc1)NC1CCC(CCN2CCc3sc(OCC(F)F)nc3C2)CC1. The summed E-state index contributed by atoms with van der Waals surface area (Å²) >= 11 is 1.40. The summed E-state index contributed by atoms with van der Waals surface area (Å²) in [4.78, 5) is 24.1. The Morgan fingerprint density at radius 1 is 1.32 bits per heavy atom. The van der Waals surface area contributed by atoms with E-state index in [0.717, 1.165) is 68.7 Å². The fourth-order valence-corrected chi connectivity index (χ4v) is 5.31. The molecule has 1 aliphatic carbocycles. The molecule has 0 radical (unpaired) electrons. The van der Waals surface area contributed by atoms with Crippen molar-refractivity contribution in [2.45, 2.75) is 64.1 Å². The number of amides is 1. The molecular formula is C21H29F2N5O2S. The quantitative estimate of drug-likeness (QED) is 0.632. The largest absolute Gasteiger partial charge is 0.464 e. The van der Waals surface area contributed by atoms with Gasteiger partial charge < -0.3 is 14.6 Å². The summed E-state index contributed by atoms with van der Waals surface area (Å²) in [7, 11) is 0. The number of thiazole rings is 1. The van der Waals surface area contributed by atoms with E-state index < -0.39 is 13.0 Å². The third kappa shape index (κ3) is 6.46. The van der Waals surface area contributed by atoms with Gasteiger partial charge in [-0.05, 0) is 51.0 Å². The van der Waals surface area contributed by atoms with Gasteiger partial charge in [0.25, 0.3) is 11.6 Å². The summed E-state index contributed by atoms with van der Waals surface area (Å²) in [5, 5.41) is 3.51.